The van der Waals surface area contributed by atoms with Gasteiger partial charge in [-0.05, 0) is 43.0 Å². The van der Waals surface area contributed by atoms with Crippen molar-refractivity contribution in [3.63, 3.8) is 0 Å². The highest BCUT2D eigenvalue weighted by Gasteiger charge is 2.40. The van der Waals surface area contributed by atoms with Crippen LogP contribution in [-0.2, 0) is 4.79 Å². The molecule has 7 nitrogen and oxygen atoms in total. The van der Waals surface area contributed by atoms with Crippen molar-refractivity contribution in [2.45, 2.75) is 32.1 Å². The van der Waals surface area contributed by atoms with E-state index in [1.165, 1.54) is 12.1 Å². The summed E-state index contributed by atoms with van der Waals surface area (Å²) >= 11 is 0. The van der Waals surface area contributed by atoms with Crippen LogP contribution >= 0.6 is 0 Å². The third-order valence-corrected chi connectivity index (χ3v) is 5.59. The molecule has 0 fully saturated rings. The number of anilines is 1. The Hall–Kier alpha value is -3.92. The molecule has 4 rings (SSSR count). The van der Waals surface area contributed by atoms with Crippen LogP contribution in [0.1, 0.15) is 36.3 Å². The number of nitrogens with zero attached hydrogens (tertiary/aromatic N) is 3. The van der Waals surface area contributed by atoms with Crippen LogP contribution in [-0.4, -0.2) is 10.7 Å². The summed E-state index contributed by atoms with van der Waals surface area (Å²) < 4.78 is 0. The van der Waals surface area contributed by atoms with E-state index in [0.717, 1.165) is 16.9 Å². The average Bonchev–Trinajstić information content (AvgIpc) is 2.73. The summed E-state index contributed by atoms with van der Waals surface area (Å²) in [5.41, 5.74) is 10.3. The Bertz CT molecular complexity index is 1170. The molecule has 1 heterocycles. The minimum atomic E-state index is -0.709. The zero-order chi connectivity index (χ0) is 21.4. The maximum absolute atomic E-state index is 13.1. The average molecular weight is 400 g/mol. The molecular weight excluding hydrogens is 380 g/mol. The lowest BCUT2D eigenvalue weighted by atomic mass is 9.75. The number of non-ortho nitro benzene ring substituents is 1. The Morgan fingerprint density at radius 1 is 1.20 bits per heavy atom. The van der Waals surface area contributed by atoms with Gasteiger partial charge in [-0.1, -0.05) is 24.3 Å². The van der Waals surface area contributed by atoms with Gasteiger partial charge in [-0.25, -0.2) is 0 Å². The van der Waals surface area contributed by atoms with Crippen molar-refractivity contribution in [3.05, 3.63) is 92.4 Å². The zero-order valence-electron chi connectivity index (χ0n) is 16.5. The van der Waals surface area contributed by atoms with Gasteiger partial charge in [0.2, 0.25) is 0 Å². The Balaban J connectivity index is 1.97. The van der Waals surface area contributed by atoms with E-state index in [9.17, 15) is 20.2 Å². The lowest BCUT2D eigenvalue weighted by Gasteiger charge is -2.39. The molecule has 7 heteroatoms. The Morgan fingerprint density at radius 2 is 1.97 bits per heavy atom. The molecular formula is C23H20N4O3. The first-order valence-corrected chi connectivity index (χ1v) is 9.69. The summed E-state index contributed by atoms with van der Waals surface area (Å²) in [7, 11) is 0. The molecule has 0 saturated heterocycles. The minimum absolute atomic E-state index is 0.0503. The third-order valence-electron chi connectivity index (χ3n) is 5.59. The number of hydrogen-bond donors (Lipinski definition) is 1. The van der Waals surface area contributed by atoms with Crippen LogP contribution in [0.4, 0.5) is 11.4 Å². The van der Waals surface area contributed by atoms with Gasteiger partial charge in [0.15, 0.2) is 5.78 Å². The number of allylic oxidation sites excluding steroid dienone is 3. The molecule has 2 N–H and O–H groups in total. The second-order valence-electron chi connectivity index (χ2n) is 7.51. The van der Waals surface area contributed by atoms with Crippen molar-refractivity contribution in [3.8, 4) is 6.07 Å². The van der Waals surface area contributed by atoms with Crippen LogP contribution in [0.5, 0.6) is 0 Å². The second-order valence-corrected chi connectivity index (χ2v) is 7.51. The first-order chi connectivity index (χ1) is 14.4. The van der Waals surface area contributed by atoms with E-state index in [2.05, 4.69) is 6.07 Å². The van der Waals surface area contributed by atoms with Crippen molar-refractivity contribution in [2.24, 2.45) is 5.73 Å². The zero-order valence-corrected chi connectivity index (χ0v) is 16.5. The molecule has 0 amide bonds. The summed E-state index contributed by atoms with van der Waals surface area (Å²) in [4.78, 5) is 25.6. The lowest BCUT2D eigenvalue weighted by molar-refractivity contribution is -0.384. The maximum atomic E-state index is 13.1. The molecule has 0 spiro atoms. The van der Waals surface area contributed by atoms with Crippen molar-refractivity contribution in [1.82, 2.24) is 0 Å². The van der Waals surface area contributed by atoms with Gasteiger partial charge < -0.3 is 5.73 Å². The van der Waals surface area contributed by atoms with Crippen LogP contribution in [0.15, 0.2) is 71.2 Å². The van der Waals surface area contributed by atoms with Crippen molar-refractivity contribution in [1.29, 1.82) is 5.26 Å². The van der Waals surface area contributed by atoms with Gasteiger partial charge in [0, 0.05) is 35.5 Å². The number of rotatable bonds is 3. The van der Waals surface area contributed by atoms with Gasteiger partial charge in [0.05, 0.1) is 22.5 Å². The van der Waals surface area contributed by atoms with Gasteiger partial charge in [-0.2, -0.15) is 5.26 Å². The van der Waals surface area contributed by atoms with Gasteiger partial charge in [-0.3, -0.25) is 19.8 Å². The van der Waals surface area contributed by atoms with Gasteiger partial charge >= 0.3 is 0 Å². The highest BCUT2D eigenvalue weighted by molar-refractivity contribution is 6.01. The fourth-order valence-corrected chi connectivity index (χ4v) is 4.30. The third kappa shape index (κ3) is 3.12. The predicted octanol–water partition coefficient (Wildman–Crippen LogP) is 4.21. The van der Waals surface area contributed by atoms with E-state index < -0.39 is 10.8 Å². The number of ketones is 1. The highest BCUT2D eigenvalue weighted by Crippen LogP contribution is 2.46. The molecule has 1 unspecified atom stereocenters. The molecule has 150 valence electrons. The van der Waals surface area contributed by atoms with E-state index in [-0.39, 0.29) is 22.9 Å². The monoisotopic (exact) mass is 400 g/mol. The number of nitro groups is 1. The standard InChI is InChI=1S/C23H20N4O3/c1-14-5-2-7-16(11-14)26-19-9-4-10-20(28)22(19)21(18(13-24)23(26)25)15-6-3-8-17(12-15)27(29)30/h2-3,5-8,11-12,21H,4,9-10,25H2,1H3. The van der Waals surface area contributed by atoms with Crippen LogP contribution < -0.4 is 10.6 Å². The first-order valence-electron chi connectivity index (χ1n) is 9.69. The van der Waals surface area contributed by atoms with Gasteiger partial charge in [-0.15, -0.1) is 0 Å². The topological polar surface area (TPSA) is 113 Å². The number of carbonyl (C=O) groups excluding carboxylic acids is 1. The number of benzene rings is 2. The number of carbonyl (C=O) groups is 1. The Labute approximate surface area is 173 Å². The summed E-state index contributed by atoms with van der Waals surface area (Å²) in [6.07, 6.45) is 1.71. The number of nitro benzene ring substituents is 1. The van der Waals surface area contributed by atoms with E-state index in [1.54, 1.807) is 17.0 Å². The molecule has 2 aromatic rings. The smallest absolute Gasteiger partial charge is 0.269 e. The quantitative estimate of drug-likeness (QED) is 0.610. The minimum Gasteiger partial charge on any atom is -0.384 e. The van der Waals surface area contributed by atoms with Crippen molar-refractivity contribution in [2.75, 3.05) is 4.90 Å². The molecule has 1 atom stereocenters. The van der Waals surface area contributed by atoms with E-state index in [4.69, 9.17) is 5.73 Å². The number of aryl methyl sites for hydroxylation is 1. The molecule has 1 aliphatic heterocycles. The summed E-state index contributed by atoms with van der Waals surface area (Å²) in [5.74, 6) is -0.502. The normalized spacial score (nSPS) is 18.9. The van der Waals surface area contributed by atoms with E-state index in [1.807, 2.05) is 31.2 Å². The van der Waals surface area contributed by atoms with Crippen LogP contribution in [0.2, 0.25) is 0 Å². The summed E-state index contributed by atoms with van der Waals surface area (Å²) in [6.45, 7) is 1.96. The Morgan fingerprint density at radius 3 is 2.67 bits per heavy atom. The second kappa shape index (κ2) is 7.48. The summed E-state index contributed by atoms with van der Waals surface area (Å²) in [5, 5.41) is 21.3. The van der Waals surface area contributed by atoms with Crippen molar-refractivity contribution < 1.29 is 9.72 Å². The molecule has 0 radical (unpaired) electrons. The number of hydrogen-bond acceptors (Lipinski definition) is 6. The largest absolute Gasteiger partial charge is 0.384 e. The lowest BCUT2D eigenvalue weighted by Crippen LogP contribution is -2.38. The molecule has 2 aliphatic rings. The van der Waals surface area contributed by atoms with E-state index >= 15 is 0 Å². The first kappa shape index (κ1) is 19.4. The highest BCUT2D eigenvalue weighted by atomic mass is 16.6. The SMILES string of the molecule is Cc1cccc(N2C(N)=C(C#N)C(c3cccc([N+](=O)[O-])c3)C3=C2CCCC3=O)c1. The molecule has 0 saturated carbocycles. The molecule has 2 aromatic carbocycles. The molecule has 0 bridgehead atoms. The van der Waals surface area contributed by atoms with Crippen LogP contribution in [0.25, 0.3) is 0 Å². The molecule has 1 aliphatic carbocycles. The fraction of sp³-hybridized carbons (Fsp3) is 0.217. The number of nitrogens with two attached hydrogens (primary N) is 1. The van der Waals surface area contributed by atoms with E-state index in [0.29, 0.717) is 30.4 Å². The van der Waals surface area contributed by atoms with Crippen LogP contribution in [0.3, 0.4) is 0 Å². The van der Waals surface area contributed by atoms with Gasteiger partial charge in [0.1, 0.15) is 5.82 Å². The van der Waals surface area contributed by atoms with Crippen LogP contribution in [0, 0.1) is 28.4 Å². The fourth-order valence-electron chi connectivity index (χ4n) is 4.30. The molecule has 0 aromatic heterocycles. The maximum Gasteiger partial charge on any atom is 0.269 e. The molecule has 30 heavy (non-hydrogen) atoms. The Kier molecular flexibility index (Phi) is 4.84. The summed E-state index contributed by atoms with van der Waals surface area (Å²) in [6, 6.07) is 16.0. The van der Waals surface area contributed by atoms with Gasteiger partial charge in [0.25, 0.3) is 5.69 Å². The predicted molar refractivity (Wildman–Crippen MR) is 112 cm³/mol. The number of nitriles is 1. The number of Topliss-reactive ketones (excluding diaryl/α,β-unsaturated/α-hetero) is 1. The van der Waals surface area contributed by atoms with Crippen molar-refractivity contribution >= 4 is 17.2 Å².